The molecule has 4 saturated carbocycles. The van der Waals surface area contributed by atoms with Crippen LogP contribution in [0.15, 0.2) is 18.2 Å². The average molecular weight is 391 g/mol. The zero-order chi connectivity index (χ0) is 19.6. The van der Waals surface area contributed by atoms with E-state index in [0.29, 0.717) is 30.1 Å². The Balaban J connectivity index is 1.17. The van der Waals surface area contributed by atoms with E-state index in [1.54, 1.807) is 14.2 Å². The molecule has 3 N–H and O–H groups in total. The zero-order valence-corrected chi connectivity index (χ0v) is 17.4. The lowest BCUT2D eigenvalue weighted by atomic mass is 9.49. The van der Waals surface area contributed by atoms with Gasteiger partial charge in [-0.1, -0.05) is 6.07 Å². The van der Waals surface area contributed by atoms with Gasteiger partial charge in [0.25, 0.3) is 0 Å². The Morgan fingerprint density at radius 3 is 2.29 bits per heavy atom. The third-order valence-electron chi connectivity index (χ3n) is 7.21. The number of quaternary nitrogens is 1. The molecular weight excluding hydrogens is 354 g/mol. The predicted molar refractivity (Wildman–Crippen MR) is 107 cm³/mol. The van der Waals surface area contributed by atoms with Crippen LogP contribution in [-0.2, 0) is 11.3 Å². The van der Waals surface area contributed by atoms with Crippen molar-refractivity contribution in [2.75, 3.05) is 33.9 Å². The normalized spacial score (nSPS) is 31.8. The lowest BCUT2D eigenvalue weighted by molar-refractivity contribution is -0.675. The molecule has 0 unspecified atom stereocenters. The molecule has 0 saturated heterocycles. The number of hydrogen-bond donors (Lipinski definition) is 2. The maximum atomic E-state index is 10.3. The highest BCUT2D eigenvalue weighted by molar-refractivity contribution is 5.42. The molecule has 4 bridgehead atoms. The molecule has 5 heteroatoms. The predicted octanol–water partition coefficient (Wildman–Crippen LogP) is 2.36. The molecule has 1 atom stereocenters. The van der Waals surface area contributed by atoms with Gasteiger partial charge in [0.1, 0.15) is 12.6 Å². The summed E-state index contributed by atoms with van der Waals surface area (Å²) in [6, 6.07) is 5.77. The Hall–Kier alpha value is -1.30. The van der Waals surface area contributed by atoms with Crippen molar-refractivity contribution in [3.05, 3.63) is 23.8 Å². The fourth-order valence-corrected chi connectivity index (χ4v) is 6.47. The standard InChI is InChI=1S/C23H35NO4/c1-26-21-4-3-16(8-22(21)27-2)13-28-14-20(25)12-24-15-23-9-17-5-18(10-23)7-19(6-17)11-23/h3-4,8,17-20,24-25H,5-7,9-15H2,1-2H3/p+1/t17?,18?,19?,20-,23?/m0/s1. The van der Waals surface area contributed by atoms with Crippen LogP contribution in [0.25, 0.3) is 0 Å². The quantitative estimate of drug-likeness (QED) is 0.644. The molecule has 5 nitrogen and oxygen atoms in total. The summed E-state index contributed by atoms with van der Waals surface area (Å²) in [7, 11) is 3.26. The summed E-state index contributed by atoms with van der Waals surface area (Å²) in [6.45, 7) is 2.75. The number of methoxy groups -OCH3 is 2. The lowest BCUT2D eigenvalue weighted by Crippen LogP contribution is -2.89. The van der Waals surface area contributed by atoms with Gasteiger partial charge in [-0.25, -0.2) is 0 Å². The fraction of sp³-hybridized carbons (Fsp3) is 0.739. The summed E-state index contributed by atoms with van der Waals surface area (Å²) >= 11 is 0. The van der Waals surface area contributed by atoms with Crippen LogP contribution in [-0.4, -0.2) is 45.1 Å². The molecule has 1 aromatic rings. The molecule has 28 heavy (non-hydrogen) atoms. The summed E-state index contributed by atoms with van der Waals surface area (Å²) in [5, 5.41) is 12.7. The second kappa shape index (κ2) is 8.60. The molecular formula is C23H36NO4+. The van der Waals surface area contributed by atoms with Gasteiger partial charge in [0.05, 0.1) is 34.0 Å². The number of benzene rings is 1. The van der Waals surface area contributed by atoms with Gasteiger partial charge in [0.2, 0.25) is 0 Å². The van der Waals surface area contributed by atoms with Crippen molar-refractivity contribution in [3.63, 3.8) is 0 Å². The summed E-state index contributed by atoms with van der Waals surface area (Å²) in [5.41, 5.74) is 1.58. The molecule has 0 radical (unpaired) electrons. The van der Waals surface area contributed by atoms with Crippen molar-refractivity contribution in [1.29, 1.82) is 0 Å². The number of hydrogen-bond acceptors (Lipinski definition) is 4. The second-order valence-electron chi connectivity index (χ2n) is 9.50. The van der Waals surface area contributed by atoms with E-state index in [1.165, 1.54) is 45.1 Å². The van der Waals surface area contributed by atoms with E-state index in [2.05, 4.69) is 5.32 Å². The highest BCUT2D eigenvalue weighted by atomic mass is 16.5. The SMILES string of the molecule is COc1ccc(COC[C@@H](O)C[NH2+]CC23CC4CC(CC(C4)C2)C3)cc1OC. The van der Waals surface area contributed by atoms with Crippen molar-refractivity contribution >= 4 is 0 Å². The Bertz CT molecular complexity index is 627. The van der Waals surface area contributed by atoms with Gasteiger partial charge >= 0.3 is 0 Å². The first kappa shape index (κ1) is 20.0. The molecule has 0 aliphatic heterocycles. The van der Waals surface area contributed by atoms with Gasteiger partial charge in [0.15, 0.2) is 11.5 Å². The van der Waals surface area contributed by atoms with Gasteiger partial charge in [-0.15, -0.1) is 0 Å². The zero-order valence-electron chi connectivity index (χ0n) is 17.4. The lowest BCUT2D eigenvalue weighted by Gasteiger charge is -2.56. The first-order chi connectivity index (χ1) is 13.6. The maximum absolute atomic E-state index is 10.3. The largest absolute Gasteiger partial charge is 0.493 e. The summed E-state index contributed by atoms with van der Waals surface area (Å²) in [4.78, 5) is 0. The number of rotatable bonds is 10. The molecule has 5 rings (SSSR count). The Morgan fingerprint density at radius 1 is 1.04 bits per heavy atom. The average Bonchev–Trinajstić information content (AvgIpc) is 2.66. The van der Waals surface area contributed by atoms with Crippen LogP contribution in [0.5, 0.6) is 11.5 Å². The monoisotopic (exact) mass is 390 g/mol. The minimum absolute atomic E-state index is 0.367. The fourth-order valence-electron chi connectivity index (χ4n) is 6.47. The van der Waals surface area contributed by atoms with Crippen LogP contribution in [0.3, 0.4) is 0 Å². The smallest absolute Gasteiger partial charge is 0.161 e. The number of aliphatic hydroxyl groups is 1. The third-order valence-corrected chi connectivity index (χ3v) is 7.21. The molecule has 0 amide bonds. The molecule has 4 aliphatic carbocycles. The number of nitrogens with two attached hydrogens (primary N) is 1. The number of aliphatic hydroxyl groups excluding tert-OH is 1. The van der Waals surface area contributed by atoms with Crippen LogP contribution in [0.4, 0.5) is 0 Å². The molecule has 156 valence electrons. The summed E-state index contributed by atoms with van der Waals surface area (Å²) in [5.74, 6) is 4.40. The van der Waals surface area contributed by atoms with Crippen molar-refractivity contribution in [3.8, 4) is 11.5 Å². The number of ether oxygens (including phenoxy) is 3. The summed E-state index contributed by atoms with van der Waals surface area (Å²) < 4.78 is 16.3. The Labute approximate surface area is 168 Å². The van der Waals surface area contributed by atoms with Crippen LogP contribution in [0.1, 0.15) is 44.1 Å². The molecule has 1 aromatic carbocycles. The van der Waals surface area contributed by atoms with Gasteiger partial charge in [-0.05, 0) is 74.0 Å². The van der Waals surface area contributed by atoms with Gasteiger partial charge < -0.3 is 24.6 Å². The van der Waals surface area contributed by atoms with E-state index in [9.17, 15) is 5.11 Å². The first-order valence-electron chi connectivity index (χ1n) is 10.9. The highest BCUT2D eigenvalue weighted by Crippen LogP contribution is 2.59. The van der Waals surface area contributed by atoms with Crippen molar-refractivity contribution < 1.29 is 24.6 Å². The third kappa shape index (κ3) is 4.47. The van der Waals surface area contributed by atoms with Crippen molar-refractivity contribution in [2.45, 2.75) is 51.2 Å². The van der Waals surface area contributed by atoms with Crippen molar-refractivity contribution in [2.24, 2.45) is 23.2 Å². The van der Waals surface area contributed by atoms with E-state index in [-0.39, 0.29) is 0 Å². The Kier molecular flexibility index (Phi) is 6.14. The summed E-state index contributed by atoms with van der Waals surface area (Å²) in [6.07, 6.45) is 8.35. The topological polar surface area (TPSA) is 64.5 Å². The van der Waals surface area contributed by atoms with E-state index in [4.69, 9.17) is 14.2 Å². The molecule has 0 spiro atoms. The maximum Gasteiger partial charge on any atom is 0.161 e. The van der Waals surface area contributed by atoms with Crippen molar-refractivity contribution in [1.82, 2.24) is 0 Å². The molecule has 4 fully saturated rings. The molecule has 0 heterocycles. The minimum atomic E-state index is -0.422. The van der Waals surface area contributed by atoms with E-state index >= 15 is 0 Å². The van der Waals surface area contributed by atoms with E-state index in [1.807, 2.05) is 18.2 Å². The second-order valence-corrected chi connectivity index (χ2v) is 9.50. The van der Waals surface area contributed by atoms with Gasteiger partial charge in [0, 0.05) is 5.41 Å². The van der Waals surface area contributed by atoms with Crippen LogP contribution in [0.2, 0.25) is 0 Å². The van der Waals surface area contributed by atoms with Crippen LogP contribution < -0.4 is 14.8 Å². The minimum Gasteiger partial charge on any atom is -0.493 e. The van der Waals surface area contributed by atoms with Gasteiger partial charge in [-0.3, -0.25) is 0 Å². The Morgan fingerprint density at radius 2 is 1.68 bits per heavy atom. The van der Waals surface area contributed by atoms with E-state index in [0.717, 1.165) is 29.9 Å². The van der Waals surface area contributed by atoms with Crippen LogP contribution >= 0.6 is 0 Å². The highest BCUT2D eigenvalue weighted by Gasteiger charge is 2.51. The molecule has 0 aromatic heterocycles. The van der Waals surface area contributed by atoms with E-state index < -0.39 is 6.10 Å². The van der Waals surface area contributed by atoms with Crippen LogP contribution in [0, 0.1) is 23.2 Å². The van der Waals surface area contributed by atoms with Gasteiger partial charge in [-0.2, -0.15) is 0 Å². The first-order valence-corrected chi connectivity index (χ1v) is 10.9. The molecule has 4 aliphatic rings.